The summed E-state index contributed by atoms with van der Waals surface area (Å²) in [4.78, 5) is 11.2. The largest absolute Gasteiger partial charge is 0.482 e. The number of carbonyl (C=O) groups is 1. The smallest absolute Gasteiger partial charge is 0.254 e. The Labute approximate surface area is 167 Å². The minimum absolute atomic E-state index is 0.136. The van der Waals surface area contributed by atoms with E-state index in [0.717, 1.165) is 24.1 Å². The number of aryl methyl sites for hydroxylation is 1. The Morgan fingerprint density at radius 3 is 2.59 bits per heavy atom. The Morgan fingerprint density at radius 2 is 1.90 bits per heavy atom. The lowest BCUT2D eigenvalue weighted by atomic mass is 10.0. The van der Waals surface area contributed by atoms with E-state index in [1.54, 1.807) is 6.07 Å². The number of hydrogen-bond acceptors (Lipinski definition) is 4. The quantitative estimate of drug-likeness (QED) is 0.511. The first-order valence-electron chi connectivity index (χ1n) is 9.45. The molecule has 2 N–H and O–H groups in total. The zero-order valence-corrected chi connectivity index (χ0v) is 16.1. The van der Waals surface area contributed by atoms with Gasteiger partial charge in [0.2, 0.25) is 0 Å². The standard InChI is InChI=1S/C22H22F2N2O3/c1-2-3-4-5-14-6-8-15(9-7-14)18-12-16(29-26-18)13-28-19-11-10-17(23)20(21(19)24)22(25)27/h6-12H,2-5,13H2,1H3,(H2,25,27). The Hall–Kier alpha value is -3.22. The van der Waals surface area contributed by atoms with E-state index >= 15 is 0 Å². The molecule has 5 nitrogen and oxygen atoms in total. The van der Waals surface area contributed by atoms with Gasteiger partial charge in [-0.25, -0.2) is 8.78 Å². The molecule has 3 rings (SSSR count). The molecule has 0 fully saturated rings. The summed E-state index contributed by atoms with van der Waals surface area (Å²) in [6.07, 6.45) is 4.61. The van der Waals surface area contributed by atoms with Gasteiger partial charge in [0.25, 0.3) is 5.91 Å². The summed E-state index contributed by atoms with van der Waals surface area (Å²) in [5, 5.41) is 4.00. The topological polar surface area (TPSA) is 78.4 Å². The van der Waals surface area contributed by atoms with Crippen LogP contribution in [0.4, 0.5) is 8.78 Å². The van der Waals surface area contributed by atoms with Crippen LogP contribution in [0.15, 0.2) is 47.0 Å². The number of aromatic nitrogens is 1. The molecule has 0 saturated heterocycles. The van der Waals surface area contributed by atoms with Gasteiger partial charge >= 0.3 is 0 Å². The Morgan fingerprint density at radius 1 is 1.14 bits per heavy atom. The van der Waals surface area contributed by atoms with E-state index in [2.05, 4.69) is 24.2 Å². The predicted molar refractivity (Wildman–Crippen MR) is 104 cm³/mol. The number of benzene rings is 2. The van der Waals surface area contributed by atoms with E-state index in [1.807, 2.05) is 12.1 Å². The highest BCUT2D eigenvalue weighted by Crippen LogP contribution is 2.25. The van der Waals surface area contributed by atoms with Crippen LogP contribution in [0, 0.1) is 11.6 Å². The molecule has 3 aromatic rings. The molecule has 0 aliphatic carbocycles. The highest BCUT2D eigenvalue weighted by atomic mass is 19.1. The van der Waals surface area contributed by atoms with Gasteiger partial charge in [-0.05, 0) is 30.5 Å². The minimum atomic E-state index is -1.20. The zero-order valence-electron chi connectivity index (χ0n) is 16.1. The fraction of sp³-hybridized carbons (Fsp3) is 0.273. The third-order valence-electron chi connectivity index (χ3n) is 4.55. The third-order valence-corrected chi connectivity index (χ3v) is 4.55. The van der Waals surface area contributed by atoms with Gasteiger partial charge in [0.05, 0.1) is 0 Å². The van der Waals surface area contributed by atoms with E-state index < -0.39 is 23.1 Å². The van der Waals surface area contributed by atoms with E-state index in [0.29, 0.717) is 11.5 Å². The van der Waals surface area contributed by atoms with Crippen molar-refractivity contribution in [1.29, 1.82) is 0 Å². The van der Waals surface area contributed by atoms with Crippen LogP contribution >= 0.6 is 0 Å². The first-order chi connectivity index (χ1) is 14.0. The molecule has 29 heavy (non-hydrogen) atoms. The molecule has 0 aliphatic rings. The van der Waals surface area contributed by atoms with Crippen molar-refractivity contribution in [2.45, 2.75) is 39.2 Å². The summed E-state index contributed by atoms with van der Waals surface area (Å²) in [7, 11) is 0. The molecule has 0 spiro atoms. The highest BCUT2D eigenvalue weighted by Gasteiger charge is 2.19. The van der Waals surface area contributed by atoms with Crippen LogP contribution in [0.3, 0.4) is 0 Å². The number of carbonyl (C=O) groups excluding carboxylic acids is 1. The molecule has 1 amide bonds. The Bertz CT molecular complexity index is 984. The number of nitrogens with zero attached hydrogens (tertiary/aromatic N) is 1. The summed E-state index contributed by atoms with van der Waals surface area (Å²) in [5.74, 6) is -3.32. The maximum absolute atomic E-state index is 14.2. The van der Waals surface area contributed by atoms with Crippen molar-refractivity contribution in [3.63, 3.8) is 0 Å². The molecular formula is C22H22F2N2O3. The molecule has 7 heteroatoms. The predicted octanol–water partition coefficient (Wildman–Crippen LogP) is 5.03. The van der Waals surface area contributed by atoms with Gasteiger partial charge < -0.3 is 15.0 Å². The summed E-state index contributed by atoms with van der Waals surface area (Å²) in [6, 6.07) is 11.8. The average molecular weight is 400 g/mol. The maximum Gasteiger partial charge on any atom is 0.254 e. The van der Waals surface area contributed by atoms with Crippen molar-refractivity contribution in [1.82, 2.24) is 5.16 Å². The summed E-state index contributed by atoms with van der Waals surface area (Å²) < 4.78 is 38.3. The van der Waals surface area contributed by atoms with E-state index in [4.69, 9.17) is 15.0 Å². The van der Waals surface area contributed by atoms with Gasteiger partial charge in [0.1, 0.15) is 23.7 Å². The Kier molecular flexibility index (Phi) is 6.59. The fourth-order valence-corrected chi connectivity index (χ4v) is 2.96. The lowest BCUT2D eigenvalue weighted by Crippen LogP contribution is -2.16. The number of primary amides is 1. The molecule has 0 radical (unpaired) electrons. The second kappa shape index (κ2) is 9.32. The van der Waals surface area contributed by atoms with Crippen molar-refractivity contribution < 1.29 is 22.8 Å². The summed E-state index contributed by atoms with van der Waals surface area (Å²) in [5.41, 5.74) is 6.95. The van der Waals surface area contributed by atoms with Crippen molar-refractivity contribution >= 4 is 5.91 Å². The SMILES string of the molecule is CCCCCc1ccc(-c2cc(COc3ccc(F)c(C(N)=O)c3F)on2)cc1. The molecule has 0 atom stereocenters. The highest BCUT2D eigenvalue weighted by molar-refractivity contribution is 5.93. The van der Waals surface area contributed by atoms with Gasteiger partial charge in [0, 0.05) is 11.6 Å². The van der Waals surface area contributed by atoms with Crippen molar-refractivity contribution in [3.05, 3.63) is 71.0 Å². The van der Waals surface area contributed by atoms with Crippen molar-refractivity contribution in [3.8, 4) is 17.0 Å². The van der Waals surface area contributed by atoms with Crippen LogP contribution in [0.5, 0.6) is 5.75 Å². The number of rotatable bonds is 9. The lowest BCUT2D eigenvalue weighted by Gasteiger charge is -2.08. The summed E-state index contributed by atoms with van der Waals surface area (Å²) in [6.45, 7) is 2.04. The van der Waals surface area contributed by atoms with Crippen molar-refractivity contribution in [2.24, 2.45) is 5.73 Å². The van der Waals surface area contributed by atoms with Crippen LogP contribution in [0.25, 0.3) is 11.3 Å². The molecular weight excluding hydrogens is 378 g/mol. The van der Waals surface area contributed by atoms with E-state index in [-0.39, 0.29) is 12.4 Å². The number of amides is 1. The van der Waals surface area contributed by atoms with Gasteiger partial charge in [-0.2, -0.15) is 0 Å². The molecule has 0 unspecified atom stereocenters. The second-order valence-electron chi connectivity index (χ2n) is 6.72. The third kappa shape index (κ3) is 4.99. The molecule has 0 saturated carbocycles. The number of unbranched alkanes of at least 4 members (excludes halogenated alkanes) is 2. The number of nitrogens with two attached hydrogens (primary N) is 1. The molecule has 0 bridgehead atoms. The van der Waals surface area contributed by atoms with Crippen LogP contribution in [0.2, 0.25) is 0 Å². The Balaban J connectivity index is 1.65. The molecule has 0 aliphatic heterocycles. The van der Waals surface area contributed by atoms with Crippen molar-refractivity contribution in [2.75, 3.05) is 0 Å². The first kappa shape index (κ1) is 20.5. The monoisotopic (exact) mass is 400 g/mol. The van der Waals surface area contributed by atoms with Gasteiger partial charge in [-0.1, -0.05) is 49.2 Å². The summed E-state index contributed by atoms with van der Waals surface area (Å²) >= 11 is 0. The van der Waals surface area contributed by atoms with Crippen LogP contribution in [-0.2, 0) is 13.0 Å². The van der Waals surface area contributed by atoms with E-state index in [9.17, 15) is 13.6 Å². The first-order valence-corrected chi connectivity index (χ1v) is 9.45. The second-order valence-corrected chi connectivity index (χ2v) is 6.72. The molecule has 2 aromatic carbocycles. The average Bonchev–Trinajstić information content (AvgIpc) is 3.17. The number of ether oxygens (including phenoxy) is 1. The van der Waals surface area contributed by atoms with Gasteiger partial charge in [-0.15, -0.1) is 0 Å². The van der Waals surface area contributed by atoms with Crippen LogP contribution < -0.4 is 10.5 Å². The molecule has 152 valence electrons. The molecule has 1 aromatic heterocycles. The fourth-order valence-electron chi connectivity index (χ4n) is 2.96. The minimum Gasteiger partial charge on any atom is -0.482 e. The van der Waals surface area contributed by atoms with Crippen LogP contribution in [0.1, 0.15) is 47.9 Å². The lowest BCUT2D eigenvalue weighted by molar-refractivity contribution is 0.0991. The van der Waals surface area contributed by atoms with Crippen LogP contribution in [-0.4, -0.2) is 11.1 Å². The number of halogens is 2. The van der Waals surface area contributed by atoms with Gasteiger partial charge in [-0.3, -0.25) is 4.79 Å². The zero-order chi connectivity index (χ0) is 20.8. The normalized spacial score (nSPS) is 10.9. The van der Waals surface area contributed by atoms with E-state index in [1.165, 1.54) is 24.8 Å². The maximum atomic E-state index is 14.2. The molecule has 1 heterocycles. The number of hydrogen-bond donors (Lipinski definition) is 1. The van der Waals surface area contributed by atoms with Gasteiger partial charge in [0.15, 0.2) is 17.3 Å².